The lowest BCUT2D eigenvalue weighted by atomic mass is 9.99. The van der Waals surface area contributed by atoms with Gasteiger partial charge in [-0.25, -0.2) is 8.78 Å². The van der Waals surface area contributed by atoms with Crippen LogP contribution in [0.2, 0.25) is 0 Å². The van der Waals surface area contributed by atoms with Crippen molar-refractivity contribution in [1.29, 1.82) is 0 Å². The van der Waals surface area contributed by atoms with Crippen molar-refractivity contribution in [3.8, 4) is 0 Å². The molecule has 0 spiro atoms. The monoisotopic (exact) mass is 272 g/mol. The van der Waals surface area contributed by atoms with Crippen LogP contribution in [0.3, 0.4) is 0 Å². The van der Waals surface area contributed by atoms with Gasteiger partial charge in [0.2, 0.25) is 0 Å². The van der Waals surface area contributed by atoms with Crippen LogP contribution in [0.15, 0.2) is 36.4 Å². The van der Waals surface area contributed by atoms with E-state index < -0.39 is 11.6 Å². The summed E-state index contributed by atoms with van der Waals surface area (Å²) in [5.74, 6) is -2.43. The predicted octanol–water partition coefficient (Wildman–Crippen LogP) is 3.88. The number of carbonyl (C=O) groups is 1. The summed E-state index contributed by atoms with van der Waals surface area (Å²) in [7, 11) is 0. The quantitative estimate of drug-likeness (QED) is 0.775. The number of carbonyl (C=O) groups excluding carboxylic acids is 1. The number of Topliss-reactive ketones (excluding diaryl/α,β-unsaturated/α-hetero) is 1. The number of rotatable bonds is 3. The van der Waals surface area contributed by atoms with Gasteiger partial charge in [-0.05, 0) is 48.1 Å². The molecule has 0 aliphatic heterocycles. The van der Waals surface area contributed by atoms with Crippen LogP contribution in [0.1, 0.15) is 33.5 Å². The topological polar surface area (TPSA) is 17.1 Å². The van der Waals surface area contributed by atoms with Gasteiger partial charge in [-0.1, -0.05) is 24.3 Å². The first-order valence-corrected chi connectivity index (χ1v) is 6.73. The van der Waals surface area contributed by atoms with E-state index in [0.717, 1.165) is 30.9 Å². The molecule has 1 nitrogen and oxygen atoms in total. The van der Waals surface area contributed by atoms with Crippen LogP contribution in [-0.4, -0.2) is 5.78 Å². The minimum atomic E-state index is -1.06. The fraction of sp³-hybridized carbons (Fsp3) is 0.235. The highest BCUT2D eigenvalue weighted by atomic mass is 19.2. The Morgan fingerprint density at radius 3 is 2.70 bits per heavy atom. The molecule has 102 valence electrons. The fourth-order valence-corrected chi connectivity index (χ4v) is 2.73. The number of aryl methyl sites for hydroxylation is 2. The molecule has 20 heavy (non-hydrogen) atoms. The van der Waals surface area contributed by atoms with Crippen LogP contribution < -0.4 is 0 Å². The summed E-state index contributed by atoms with van der Waals surface area (Å²) in [4.78, 5) is 12.1. The van der Waals surface area contributed by atoms with E-state index in [9.17, 15) is 13.6 Å². The summed E-state index contributed by atoms with van der Waals surface area (Å²) in [5.41, 5.74) is 3.29. The molecule has 1 aliphatic carbocycles. The Bertz CT molecular complexity index is 677. The lowest BCUT2D eigenvalue weighted by Crippen LogP contribution is -2.07. The van der Waals surface area contributed by atoms with Crippen LogP contribution in [0, 0.1) is 11.6 Å². The highest BCUT2D eigenvalue weighted by Crippen LogP contribution is 2.23. The summed E-state index contributed by atoms with van der Waals surface area (Å²) >= 11 is 0. The van der Waals surface area contributed by atoms with E-state index in [1.165, 1.54) is 23.3 Å². The molecule has 0 N–H and O–H groups in total. The molecule has 0 saturated carbocycles. The zero-order valence-corrected chi connectivity index (χ0v) is 11.0. The summed E-state index contributed by atoms with van der Waals surface area (Å²) < 4.78 is 26.7. The van der Waals surface area contributed by atoms with Crippen molar-refractivity contribution in [2.75, 3.05) is 0 Å². The number of hydrogen-bond donors (Lipinski definition) is 0. The van der Waals surface area contributed by atoms with Crippen LogP contribution in [0.4, 0.5) is 8.78 Å². The Kier molecular flexibility index (Phi) is 3.35. The van der Waals surface area contributed by atoms with Crippen LogP contribution >= 0.6 is 0 Å². The van der Waals surface area contributed by atoms with Crippen molar-refractivity contribution < 1.29 is 13.6 Å². The van der Waals surface area contributed by atoms with Crippen LogP contribution in [-0.2, 0) is 19.3 Å². The van der Waals surface area contributed by atoms with Crippen molar-refractivity contribution in [2.24, 2.45) is 0 Å². The van der Waals surface area contributed by atoms with Crippen molar-refractivity contribution in [3.63, 3.8) is 0 Å². The largest absolute Gasteiger partial charge is 0.294 e. The smallest absolute Gasteiger partial charge is 0.170 e. The average molecular weight is 272 g/mol. The highest BCUT2D eigenvalue weighted by Gasteiger charge is 2.17. The van der Waals surface area contributed by atoms with Crippen molar-refractivity contribution in [3.05, 3.63) is 70.3 Å². The molecule has 0 atom stereocenters. The third kappa shape index (κ3) is 2.36. The molecule has 2 aromatic carbocycles. The van der Waals surface area contributed by atoms with Gasteiger partial charge in [-0.2, -0.15) is 0 Å². The van der Waals surface area contributed by atoms with Gasteiger partial charge in [0.05, 0.1) is 5.56 Å². The summed E-state index contributed by atoms with van der Waals surface area (Å²) in [6.45, 7) is 0. The summed E-state index contributed by atoms with van der Waals surface area (Å²) in [5, 5.41) is 0. The highest BCUT2D eigenvalue weighted by molar-refractivity contribution is 5.97. The molecule has 0 radical (unpaired) electrons. The number of fused-ring (bicyclic) bond motifs is 1. The Morgan fingerprint density at radius 2 is 1.85 bits per heavy atom. The lowest BCUT2D eigenvalue weighted by Gasteiger charge is -2.06. The van der Waals surface area contributed by atoms with E-state index in [-0.39, 0.29) is 17.8 Å². The molecular weight excluding hydrogens is 258 g/mol. The zero-order chi connectivity index (χ0) is 14.1. The maximum Gasteiger partial charge on any atom is 0.170 e. The number of ketones is 1. The minimum absolute atomic E-state index is 0.105. The molecule has 3 rings (SSSR count). The normalized spacial score (nSPS) is 13.3. The molecule has 0 saturated heterocycles. The molecule has 0 heterocycles. The van der Waals surface area contributed by atoms with Gasteiger partial charge < -0.3 is 0 Å². The SMILES string of the molecule is O=C(Cc1ccc2c(c1)CCC2)c1cccc(F)c1F. The van der Waals surface area contributed by atoms with Crippen LogP contribution in [0.25, 0.3) is 0 Å². The number of halogens is 2. The van der Waals surface area contributed by atoms with E-state index >= 15 is 0 Å². The molecule has 2 aromatic rings. The van der Waals surface area contributed by atoms with Crippen molar-refractivity contribution in [2.45, 2.75) is 25.7 Å². The van der Waals surface area contributed by atoms with E-state index in [4.69, 9.17) is 0 Å². The minimum Gasteiger partial charge on any atom is -0.294 e. The van der Waals surface area contributed by atoms with Gasteiger partial charge in [-0.15, -0.1) is 0 Å². The van der Waals surface area contributed by atoms with Crippen LogP contribution in [0.5, 0.6) is 0 Å². The van der Waals surface area contributed by atoms with Crippen molar-refractivity contribution >= 4 is 5.78 Å². The van der Waals surface area contributed by atoms with Gasteiger partial charge >= 0.3 is 0 Å². The van der Waals surface area contributed by atoms with Gasteiger partial charge in [-0.3, -0.25) is 4.79 Å². The van der Waals surface area contributed by atoms with E-state index in [0.29, 0.717) is 0 Å². The molecule has 0 fully saturated rings. The molecule has 0 amide bonds. The van der Waals surface area contributed by atoms with E-state index in [2.05, 4.69) is 0 Å². The summed E-state index contributed by atoms with van der Waals surface area (Å²) in [6, 6.07) is 9.65. The maximum absolute atomic E-state index is 13.6. The first-order valence-electron chi connectivity index (χ1n) is 6.73. The Balaban J connectivity index is 1.84. The van der Waals surface area contributed by atoms with Gasteiger partial charge in [0.25, 0.3) is 0 Å². The molecule has 0 unspecified atom stereocenters. The molecular formula is C17H14F2O. The van der Waals surface area contributed by atoms with Gasteiger partial charge in [0.1, 0.15) is 0 Å². The Hall–Kier alpha value is -2.03. The third-order valence-electron chi connectivity index (χ3n) is 3.78. The van der Waals surface area contributed by atoms with Gasteiger partial charge in [0.15, 0.2) is 17.4 Å². The standard InChI is InChI=1S/C17H14F2O/c18-15-6-2-5-14(17(15)19)16(20)10-11-7-8-12-3-1-4-13(12)9-11/h2,5-9H,1,3-4,10H2. The second-order valence-corrected chi connectivity index (χ2v) is 5.16. The van der Waals surface area contributed by atoms with E-state index in [1.54, 1.807) is 0 Å². The lowest BCUT2D eigenvalue weighted by molar-refractivity contribution is 0.0988. The zero-order valence-electron chi connectivity index (χ0n) is 11.0. The Morgan fingerprint density at radius 1 is 1.05 bits per heavy atom. The second kappa shape index (κ2) is 5.16. The molecule has 0 bridgehead atoms. The molecule has 0 aromatic heterocycles. The first kappa shape index (κ1) is 13.0. The van der Waals surface area contributed by atoms with E-state index in [1.807, 2.05) is 18.2 Å². The first-order chi connectivity index (χ1) is 9.65. The Labute approximate surface area is 116 Å². The van der Waals surface area contributed by atoms with Crippen molar-refractivity contribution in [1.82, 2.24) is 0 Å². The maximum atomic E-state index is 13.6. The second-order valence-electron chi connectivity index (χ2n) is 5.16. The third-order valence-corrected chi connectivity index (χ3v) is 3.78. The number of benzene rings is 2. The molecule has 3 heteroatoms. The fourth-order valence-electron chi connectivity index (χ4n) is 2.73. The summed E-state index contributed by atoms with van der Waals surface area (Å²) in [6.07, 6.45) is 3.37. The molecule has 1 aliphatic rings. The number of hydrogen-bond acceptors (Lipinski definition) is 1. The van der Waals surface area contributed by atoms with Gasteiger partial charge in [0, 0.05) is 6.42 Å². The average Bonchev–Trinajstić information content (AvgIpc) is 2.89. The predicted molar refractivity (Wildman–Crippen MR) is 72.9 cm³/mol.